The summed E-state index contributed by atoms with van der Waals surface area (Å²) in [4.78, 5) is 40.3. The van der Waals surface area contributed by atoms with Gasteiger partial charge < -0.3 is 10.3 Å². The van der Waals surface area contributed by atoms with Crippen molar-refractivity contribution in [1.82, 2.24) is 19.9 Å². The standard InChI is InChI=1S/C22H17F2N5O2/c23-18(24)9-8-13-4-1-2-5-14(13)20-28-19-15(21(30)29-20)6-3-7-16(19)27-22(31)17-12-25-10-11-26-17/h1-7,10-12,18H,8-9H2,(H,27,31)(H,28,29,30). The maximum Gasteiger partial charge on any atom is 0.275 e. The Balaban J connectivity index is 1.78. The molecule has 0 aliphatic rings. The van der Waals surface area contributed by atoms with Crippen LogP contribution in [0.2, 0.25) is 0 Å². The molecule has 1 amide bonds. The average Bonchev–Trinajstić information content (AvgIpc) is 2.79. The Labute approximate surface area is 175 Å². The van der Waals surface area contributed by atoms with Crippen molar-refractivity contribution in [2.75, 3.05) is 5.32 Å². The number of nitrogens with zero attached hydrogens (tertiary/aromatic N) is 3. The van der Waals surface area contributed by atoms with Gasteiger partial charge in [0, 0.05) is 24.4 Å². The van der Waals surface area contributed by atoms with Crippen LogP contribution in [0.15, 0.2) is 65.8 Å². The van der Waals surface area contributed by atoms with Crippen molar-refractivity contribution in [2.24, 2.45) is 0 Å². The third-order valence-electron chi connectivity index (χ3n) is 4.68. The lowest BCUT2D eigenvalue weighted by Crippen LogP contribution is -2.16. The number of amides is 1. The fraction of sp³-hybridized carbons (Fsp3) is 0.136. The second-order valence-electron chi connectivity index (χ2n) is 6.75. The molecule has 0 saturated carbocycles. The normalized spacial score (nSPS) is 11.1. The van der Waals surface area contributed by atoms with Crippen LogP contribution in [-0.2, 0) is 6.42 Å². The predicted octanol–water partition coefficient (Wildman–Crippen LogP) is 3.83. The second kappa shape index (κ2) is 8.78. The third-order valence-corrected chi connectivity index (χ3v) is 4.68. The van der Waals surface area contributed by atoms with E-state index in [1.165, 1.54) is 18.6 Å². The highest BCUT2D eigenvalue weighted by Crippen LogP contribution is 2.26. The smallest absolute Gasteiger partial charge is 0.275 e. The highest BCUT2D eigenvalue weighted by Gasteiger charge is 2.15. The SMILES string of the molecule is O=C(Nc1cccc2c(=O)[nH]c(-c3ccccc3CCC(F)F)nc12)c1cnccn1. The minimum Gasteiger partial charge on any atom is -0.319 e. The number of halogens is 2. The van der Waals surface area contributed by atoms with Gasteiger partial charge >= 0.3 is 0 Å². The fourth-order valence-corrected chi connectivity index (χ4v) is 3.23. The van der Waals surface area contributed by atoms with Gasteiger partial charge in [-0.1, -0.05) is 30.3 Å². The lowest BCUT2D eigenvalue weighted by Gasteiger charge is -2.11. The number of aromatic nitrogens is 4. The number of hydrogen-bond acceptors (Lipinski definition) is 5. The van der Waals surface area contributed by atoms with Crippen molar-refractivity contribution >= 4 is 22.5 Å². The number of nitrogens with one attached hydrogen (secondary N) is 2. The summed E-state index contributed by atoms with van der Waals surface area (Å²) in [6, 6.07) is 11.8. The van der Waals surface area contributed by atoms with E-state index in [2.05, 4.69) is 25.3 Å². The van der Waals surface area contributed by atoms with Crippen LogP contribution in [0.4, 0.5) is 14.5 Å². The van der Waals surface area contributed by atoms with Crippen molar-refractivity contribution in [3.8, 4) is 11.4 Å². The number of carbonyl (C=O) groups is 1. The fourth-order valence-electron chi connectivity index (χ4n) is 3.23. The number of H-pyrrole nitrogens is 1. The Morgan fingerprint density at radius 1 is 1.10 bits per heavy atom. The predicted molar refractivity (Wildman–Crippen MR) is 112 cm³/mol. The molecule has 2 aromatic heterocycles. The molecule has 2 aromatic carbocycles. The Morgan fingerprint density at radius 3 is 2.71 bits per heavy atom. The molecule has 0 spiro atoms. The van der Waals surface area contributed by atoms with E-state index in [9.17, 15) is 18.4 Å². The molecule has 2 N–H and O–H groups in total. The maximum atomic E-state index is 12.7. The largest absolute Gasteiger partial charge is 0.319 e. The van der Waals surface area contributed by atoms with Gasteiger partial charge in [0.15, 0.2) is 0 Å². The first-order valence-corrected chi connectivity index (χ1v) is 9.50. The van der Waals surface area contributed by atoms with Crippen molar-refractivity contribution in [3.63, 3.8) is 0 Å². The van der Waals surface area contributed by atoms with Gasteiger partial charge in [-0.25, -0.2) is 18.7 Å². The average molecular weight is 421 g/mol. The molecule has 0 aliphatic heterocycles. The molecule has 0 aliphatic carbocycles. The van der Waals surface area contributed by atoms with Crippen LogP contribution in [0.1, 0.15) is 22.5 Å². The molecule has 0 radical (unpaired) electrons. The van der Waals surface area contributed by atoms with Gasteiger partial charge in [-0.15, -0.1) is 0 Å². The highest BCUT2D eigenvalue weighted by atomic mass is 19.3. The number of rotatable bonds is 6. The van der Waals surface area contributed by atoms with Crippen LogP contribution in [0, 0.1) is 0 Å². The van der Waals surface area contributed by atoms with E-state index in [0.29, 0.717) is 16.8 Å². The molecule has 0 bridgehead atoms. The molecule has 0 fully saturated rings. The van der Waals surface area contributed by atoms with Crippen LogP contribution in [0.3, 0.4) is 0 Å². The van der Waals surface area contributed by atoms with E-state index >= 15 is 0 Å². The van der Waals surface area contributed by atoms with Crippen LogP contribution >= 0.6 is 0 Å². The zero-order chi connectivity index (χ0) is 21.8. The summed E-state index contributed by atoms with van der Waals surface area (Å²) in [7, 11) is 0. The number of benzene rings is 2. The monoisotopic (exact) mass is 421 g/mol. The van der Waals surface area contributed by atoms with Crippen LogP contribution in [-0.4, -0.2) is 32.3 Å². The molecule has 9 heteroatoms. The molecule has 4 aromatic rings. The first-order valence-electron chi connectivity index (χ1n) is 9.50. The molecule has 0 atom stereocenters. The number of para-hydroxylation sites is 1. The number of aromatic amines is 1. The summed E-state index contributed by atoms with van der Waals surface area (Å²) in [6.07, 6.45) is 1.59. The van der Waals surface area contributed by atoms with E-state index in [1.807, 2.05) is 0 Å². The molecule has 0 saturated heterocycles. The molecular weight excluding hydrogens is 404 g/mol. The molecule has 31 heavy (non-hydrogen) atoms. The van der Waals surface area contributed by atoms with Crippen molar-refractivity contribution < 1.29 is 13.6 Å². The zero-order valence-electron chi connectivity index (χ0n) is 16.2. The molecular formula is C22H17F2N5O2. The molecule has 7 nitrogen and oxygen atoms in total. The quantitative estimate of drug-likeness (QED) is 0.493. The van der Waals surface area contributed by atoms with Gasteiger partial charge in [-0.3, -0.25) is 14.6 Å². The highest BCUT2D eigenvalue weighted by molar-refractivity contribution is 6.07. The first kappa shape index (κ1) is 20.3. The summed E-state index contributed by atoms with van der Waals surface area (Å²) >= 11 is 0. The van der Waals surface area contributed by atoms with Gasteiger partial charge in [-0.2, -0.15) is 0 Å². The number of fused-ring (bicyclic) bond motifs is 1. The van der Waals surface area contributed by atoms with Crippen molar-refractivity contribution in [3.05, 3.63) is 82.7 Å². The summed E-state index contributed by atoms with van der Waals surface area (Å²) in [5.74, 6) is -0.259. The van der Waals surface area contributed by atoms with E-state index in [0.717, 1.165) is 0 Å². The van der Waals surface area contributed by atoms with Crippen LogP contribution < -0.4 is 10.9 Å². The van der Waals surface area contributed by atoms with E-state index in [4.69, 9.17) is 0 Å². The Hall–Kier alpha value is -4.01. The first-order chi connectivity index (χ1) is 15.0. The second-order valence-corrected chi connectivity index (χ2v) is 6.75. The Kier molecular flexibility index (Phi) is 5.74. The van der Waals surface area contributed by atoms with Gasteiger partial charge in [0.25, 0.3) is 11.5 Å². The molecule has 4 rings (SSSR count). The van der Waals surface area contributed by atoms with Gasteiger partial charge in [0.2, 0.25) is 6.43 Å². The van der Waals surface area contributed by atoms with E-state index in [-0.39, 0.29) is 35.3 Å². The summed E-state index contributed by atoms with van der Waals surface area (Å²) in [6.45, 7) is 0. The van der Waals surface area contributed by atoms with Gasteiger partial charge in [-0.05, 0) is 24.1 Å². The maximum absolute atomic E-state index is 12.7. The number of anilines is 1. The van der Waals surface area contributed by atoms with Crippen LogP contribution in [0.25, 0.3) is 22.3 Å². The van der Waals surface area contributed by atoms with E-state index < -0.39 is 17.9 Å². The number of hydrogen-bond donors (Lipinski definition) is 2. The van der Waals surface area contributed by atoms with Gasteiger partial charge in [0.05, 0.1) is 17.3 Å². The summed E-state index contributed by atoms with van der Waals surface area (Å²) < 4.78 is 25.4. The Bertz CT molecular complexity index is 1290. The lowest BCUT2D eigenvalue weighted by atomic mass is 10.0. The minimum atomic E-state index is -2.43. The molecule has 2 heterocycles. The Morgan fingerprint density at radius 2 is 1.94 bits per heavy atom. The summed E-state index contributed by atoms with van der Waals surface area (Å²) in [5.41, 5.74) is 1.51. The molecule has 156 valence electrons. The lowest BCUT2D eigenvalue weighted by molar-refractivity contribution is 0.102. The number of carbonyl (C=O) groups excluding carboxylic acids is 1. The van der Waals surface area contributed by atoms with Crippen LogP contribution in [0.5, 0.6) is 0 Å². The van der Waals surface area contributed by atoms with E-state index in [1.54, 1.807) is 42.5 Å². The minimum absolute atomic E-state index is 0.113. The van der Waals surface area contributed by atoms with Crippen molar-refractivity contribution in [2.45, 2.75) is 19.3 Å². The topological polar surface area (TPSA) is 101 Å². The summed E-state index contributed by atoms with van der Waals surface area (Å²) in [5, 5.41) is 2.99. The number of aryl methyl sites for hydroxylation is 1. The van der Waals surface area contributed by atoms with Crippen molar-refractivity contribution in [1.29, 1.82) is 0 Å². The third kappa shape index (κ3) is 4.45. The van der Waals surface area contributed by atoms with Gasteiger partial charge in [0.1, 0.15) is 17.0 Å². The zero-order valence-corrected chi connectivity index (χ0v) is 16.2. The molecule has 0 unspecified atom stereocenters. The number of alkyl halides is 2.